The maximum absolute atomic E-state index is 12.1. The lowest BCUT2D eigenvalue weighted by Crippen LogP contribution is -2.34. The highest BCUT2D eigenvalue weighted by Gasteiger charge is 2.11. The molecule has 0 atom stereocenters. The number of hydrazone groups is 1. The number of carbonyl (C=O) groups excluding carboxylic acids is 2. The summed E-state index contributed by atoms with van der Waals surface area (Å²) in [5.74, 6) is -0.164. The zero-order chi connectivity index (χ0) is 20.5. The Bertz CT molecular complexity index is 913. The summed E-state index contributed by atoms with van der Waals surface area (Å²) >= 11 is 0. The Balaban J connectivity index is 1.87. The molecule has 2 aromatic rings. The van der Waals surface area contributed by atoms with Gasteiger partial charge in [0.25, 0.3) is 17.5 Å². The molecule has 0 saturated heterocycles. The Morgan fingerprint density at radius 1 is 1.14 bits per heavy atom. The Labute approximate surface area is 160 Å². The van der Waals surface area contributed by atoms with Crippen LogP contribution in [0.4, 0.5) is 5.69 Å². The van der Waals surface area contributed by atoms with Crippen LogP contribution < -0.4 is 20.2 Å². The summed E-state index contributed by atoms with van der Waals surface area (Å²) in [5.41, 5.74) is 2.89. The van der Waals surface area contributed by atoms with Crippen molar-refractivity contribution in [2.75, 3.05) is 20.8 Å². The van der Waals surface area contributed by atoms with E-state index in [1.807, 2.05) is 0 Å². The number of rotatable bonds is 8. The third kappa shape index (κ3) is 5.53. The van der Waals surface area contributed by atoms with Crippen LogP contribution in [-0.4, -0.2) is 43.7 Å². The number of carbonyl (C=O) groups is 2. The topological polar surface area (TPSA) is 132 Å². The highest BCUT2D eigenvalue weighted by atomic mass is 16.6. The number of nitro groups is 1. The van der Waals surface area contributed by atoms with Crippen molar-refractivity contribution in [1.82, 2.24) is 10.7 Å². The Morgan fingerprint density at radius 2 is 1.89 bits per heavy atom. The van der Waals surface area contributed by atoms with Gasteiger partial charge in [-0.05, 0) is 18.2 Å². The third-order valence-corrected chi connectivity index (χ3v) is 3.54. The van der Waals surface area contributed by atoms with E-state index >= 15 is 0 Å². The molecule has 0 unspecified atom stereocenters. The fourth-order valence-electron chi connectivity index (χ4n) is 2.18. The lowest BCUT2D eigenvalue weighted by atomic mass is 10.2. The number of nitrogens with one attached hydrogen (secondary N) is 2. The van der Waals surface area contributed by atoms with Crippen LogP contribution >= 0.6 is 0 Å². The van der Waals surface area contributed by atoms with Gasteiger partial charge in [-0.25, -0.2) is 5.43 Å². The molecule has 2 aromatic carbocycles. The van der Waals surface area contributed by atoms with Crippen molar-refractivity contribution in [3.05, 3.63) is 63.7 Å². The molecular formula is C18H18N4O6. The van der Waals surface area contributed by atoms with Crippen LogP contribution in [0.2, 0.25) is 0 Å². The molecule has 0 aliphatic heterocycles. The number of nitrogens with zero attached hydrogens (tertiary/aromatic N) is 2. The van der Waals surface area contributed by atoms with Crippen molar-refractivity contribution in [3.63, 3.8) is 0 Å². The van der Waals surface area contributed by atoms with Crippen LogP contribution in [0, 0.1) is 10.1 Å². The average Bonchev–Trinajstić information content (AvgIpc) is 2.71. The van der Waals surface area contributed by atoms with E-state index in [1.54, 1.807) is 12.1 Å². The van der Waals surface area contributed by atoms with Gasteiger partial charge in [-0.3, -0.25) is 19.7 Å². The number of ether oxygens (including phenoxy) is 2. The maximum atomic E-state index is 12.1. The lowest BCUT2D eigenvalue weighted by Gasteiger charge is -2.09. The predicted octanol–water partition coefficient (Wildman–Crippen LogP) is 1.49. The summed E-state index contributed by atoms with van der Waals surface area (Å²) in [6.45, 7) is -0.306. The van der Waals surface area contributed by atoms with E-state index in [2.05, 4.69) is 15.8 Å². The number of nitro benzene ring substituents is 1. The standard InChI is InChI=1S/C18H18N4O6/c1-27-15-7-6-13(9-16(15)28-2)18(24)19-11-17(23)21-20-10-12-4-3-5-14(8-12)22(25)26/h3-10H,11H2,1-2H3,(H,19,24)(H,21,23)/b20-10+. The summed E-state index contributed by atoms with van der Waals surface area (Å²) < 4.78 is 10.2. The van der Waals surface area contributed by atoms with Gasteiger partial charge in [0.15, 0.2) is 11.5 Å². The Morgan fingerprint density at radius 3 is 2.57 bits per heavy atom. The first kappa shape index (κ1) is 20.4. The predicted molar refractivity (Wildman–Crippen MR) is 101 cm³/mol. The molecule has 0 aliphatic carbocycles. The van der Waals surface area contributed by atoms with Gasteiger partial charge in [0.2, 0.25) is 0 Å². The molecule has 0 bridgehead atoms. The average molecular weight is 386 g/mol. The number of methoxy groups -OCH3 is 2. The van der Waals surface area contributed by atoms with Gasteiger partial charge >= 0.3 is 0 Å². The molecule has 0 fully saturated rings. The first-order valence-electron chi connectivity index (χ1n) is 8.01. The molecule has 0 saturated carbocycles. The molecule has 2 N–H and O–H groups in total. The Hall–Kier alpha value is -3.95. The first-order valence-corrected chi connectivity index (χ1v) is 8.01. The second-order valence-corrected chi connectivity index (χ2v) is 5.40. The highest BCUT2D eigenvalue weighted by Crippen LogP contribution is 2.27. The second-order valence-electron chi connectivity index (χ2n) is 5.40. The number of benzene rings is 2. The number of non-ortho nitro benzene ring substituents is 1. The van der Waals surface area contributed by atoms with Crippen LogP contribution in [0.5, 0.6) is 11.5 Å². The van der Waals surface area contributed by atoms with Gasteiger partial charge in [-0.15, -0.1) is 0 Å². The van der Waals surface area contributed by atoms with Gasteiger partial charge in [0, 0.05) is 23.3 Å². The van der Waals surface area contributed by atoms with Gasteiger partial charge in [-0.2, -0.15) is 5.10 Å². The normalized spacial score (nSPS) is 10.4. The van der Waals surface area contributed by atoms with Crippen molar-refractivity contribution in [1.29, 1.82) is 0 Å². The van der Waals surface area contributed by atoms with E-state index in [4.69, 9.17) is 9.47 Å². The minimum Gasteiger partial charge on any atom is -0.493 e. The zero-order valence-electron chi connectivity index (χ0n) is 15.2. The molecule has 0 aromatic heterocycles. The van der Waals surface area contributed by atoms with Gasteiger partial charge in [-0.1, -0.05) is 12.1 Å². The van der Waals surface area contributed by atoms with E-state index in [-0.39, 0.29) is 12.2 Å². The molecule has 0 aliphatic rings. The third-order valence-electron chi connectivity index (χ3n) is 3.54. The largest absolute Gasteiger partial charge is 0.493 e. The fraction of sp³-hybridized carbons (Fsp3) is 0.167. The molecule has 0 radical (unpaired) electrons. The summed E-state index contributed by atoms with van der Waals surface area (Å²) in [7, 11) is 2.93. The lowest BCUT2D eigenvalue weighted by molar-refractivity contribution is -0.384. The van der Waals surface area contributed by atoms with Gasteiger partial charge in [0.05, 0.1) is 31.9 Å². The zero-order valence-corrected chi connectivity index (χ0v) is 15.2. The fourth-order valence-corrected chi connectivity index (χ4v) is 2.18. The van der Waals surface area contributed by atoms with Crippen LogP contribution in [0.3, 0.4) is 0 Å². The van der Waals surface area contributed by atoms with Crippen molar-refractivity contribution in [2.45, 2.75) is 0 Å². The number of amides is 2. The number of hydrogen-bond donors (Lipinski definition) is 2. The van der Waals surface area contributed by atoms with E-state index in [9.17, 15) is 19.7 Å². The minimum absolute atomic E-state index is 0.0857. The second kappa shape index (κ2) is 9.67. The van der Waals surface area contributed by atoms with Crippen molar-refractivity contribution in [3.8, 4) is 11.5 Å². The SMILES string of the molecule is COc1ccc(C(=O)NCC(=O)N/N=C/c2cccc([N+](=O)[O-])c2)cc1OC. The molecule has 28 heavy (non-hydrogen) atoms. The van der Waals surface area contributed by atoms with Crippen LogP contribution in [0.1, 0.15) is 15.9 Å². The van der Waals surface area contributed by atoms with Gasteiger partial charge < -0.3 is 14.8 Å². The van der Waals surface area contributed by atoms with Gasteiger partial charge in [0.1, 0.15) is 0 Å². The van der Waals surface area contributed by atoms with Crippen LogP contribution in [0.15, 0.2) is 47.6 Å². The first-order chi connectivity index (χ1) is 13.4. The Kier molecular flexibility index (Phi) is 7.03. The molecule has 0 heterocycles. The maximum Gasteiger partial charge on any atom is 0.270 e. The summed E-state index contributed by atoms with van der Waals surface area (Å²) in [4.78, 5) is 34.1. The summed E-state index contributed by atoms with van der Waals surface area (Å²) in [5, 5.41) is 16.9. The van der Waals surface area contributed by atoms with E-state index in [1.165, 1.54) is 50.8 Å². The molecule has 10 heteroatoms. The van der Waals surface area contributed by atoms with E-state index in [0.717, 1.165) is 0 Å². The number of hydrogen-bond acceptors (Lipinski definition) is 7. The molecule has 2 amide bonds. The molecule has 146 valence electrons. The monoisotopic (exact) mass is 386 g/mol. The van der Waals surface area contributed by atoms with Crippen molar-refractivity contribution in [2.24, 2.45) is 5.10 Å². The highest BCUT2D eigenvalue weighted by molar-refractivity contribution is 5.97. The molecule has 2 rings (SSSR count). The van der Waals surface area contributed by atoms with Crippen LogP contribution in [0.25, 0.3) is 0 Å². The molecule has 0 spiro atoms. The van der Waals surface area contributed by atoms with Crippen molar-refractivity contribution >= 4 is 23.7 Å². The van der Waals surface area contributed by atoms with E-state index < -0.39 is 16.7 Å². The van der Waals surface area contributed by atoms with Crippen molar-refractivity contribution < 1.29 is 24.0 Å². The summed E-state index contributed by atoms with van der Waals surface area (Å²) in [6.07, 6.45) is 1.26. The van der Waals surface area contributed by atoms with E-state index in [0.29, 0.717) is 22.6 Å². The molecular weight excluding hydrogens is 368 g/mol. The summed E-state index contributed by atoms with van der Waals surface area (Å²) in [6, 6.07) is 10.4. The quantitative estimate of drug-likeness (QED) is 0.401. The smallest absolute Gasteiger partial charge is 0.270 e. The minimum atomic E-state index is -0.560. The molecule has 10 nitrogen and oxygen atoms in total. The van der Waals surface area contributed by atoms with Crippen LogP contribution in [-0.2, 0) is 4.79 Å².